The van der Waals surface area contributed by atoms with Crippen LogP contribution in [0.15, 0.2) is 24.3 Å². The topological polar surface area (TPSA) is 9.23 Å². The largest absolute Gasteiger partial charge is 0.388 e. The third kappa shape index (κ3) is 1.11. The molecule has 13 heavy (non-hydrogen) atoms. The number of benzene rings is 1. The standard InChI is InChI=1S/C8H4F4O/c9-7(10)5-3-1-2-4-6(5)8(11,12)13-7/h1-4H. The Morgan fingerprint density at radius 2 is 1.23 bits per heavy atom. The predicted molar refractivity (Wildman–Crippen MR) is 35.3 cm³/mol. The lowest BCUT2D eigenvalue weighted by atomic mass is 10.1. The van der Waals surface area contributed by atoms with E-state index in [0.29, 0.717) is 0 Å². The molecule has 0 spiro atoms. The third-order valence-corrected chi connectivity index (χ3v) is 1.81. The lowest BCUT2D eigenvalue weighted by Crippen LogP contribution is -2.17. The summed E-state index contributed by atoms with van der Waals surface area (Å²) in [6, 6.07) is 4.38. The second-order valence-electron chi connectivity index (χ2n) is 2.68. The van der Waals surface area contributed by atoms with Crippen LogP contribution in [0.1, 0.15) is 11.1 Å². The van der Waals surface area contributed by atoms with Crippen molar-refractivity contribution in [3.8, 4) is 0 Å². The molecule has 70 valence electrons. The molecule has 0 N–H and O–H groups in total. The van der Waals surface area contributed by atoms with Gasteiger partial charge in [0.2, 0.25) is 0 Å². The van der Waals surface area contributed by atoms with Crippen LogP contribution in [0.2, 0.25) is 0 Å². The molecular weight excluding hydrogens is 188 g/mol. The van der Waals surface area contributed by atoms with Gasteiger partial charge in [0.15, 0.2) is 0 Å². The molecule has 0 saturated heterocycles. The first-order valence-electron chi connectivity index (χ1n) is 3.49. The van der Waals surface area contributed by atoms with Crippen molar-refractivity contribution >= 4 is 0 Å². The Balaban J connectivity index is 2.64. The van der Waals surface area contributed by atoms with E-state index < -0.39 is 23.3 Å². The van der Waals surface area contributed by atoms with Crippen LogP contribution in [0.3, 0.4) is 0 Å². The molecule has 0 atom stereocenters. The fraction of sp³-hybridized carbons (Fsp3) is 0.250. The first-order chi connectivity index (χ1) is 5.93. The van der Waals surface area contributed by atoms with Gasteiger partial charge in [0.25, 0.3) is 0 Å². The quantitative estimate of drug-likeness (QED) is 0.574. The van der Waals surface area contributed by atoms with E-state index in [1.807, 2.05) is 0 Å². The Labute approximate surface area is 70.9 Å². The van der Waals surface area contributed by atoms with Gasteiger partial charge in [0.1, 0.15) is 0 Å². The lowest BCUT2D eigenvalue weighted by molar-refractivity contribution is -0.369. The molecule has 0 fully saturated rings. The molecule has 2 rings (SSSR count). The van der Waals surface area contributed by atoms with E-state index in [1.165, 1.54) is 12.1 Å². The molecule has 0 amide bonds. The van der Waals surface area contributed by atoms with Gasteiger partial charge in [-0.2, -0.15) is 17.6 Å². The van der Waals surface area contributed by atoms with Gasteiger partial charge in [-0.3, -0.25) is 0 Å². The third-order valence-electron chi connectivity index (χ3n) is 1.81. The maximum absolute atomic E-state index is 12.7. The second kappa shape index (κ2) is 2.23. The number of ether oxygens (including phenoxy) is 1. The van der Waals surface area contributed by atoms with Crippen molar-refractivity contribution in [1.82, 2.24) is 0 Å². The van der Waals surface area contributed by atoms with Crippen LogP contribution < -0.4 is 0 Å². The maximum atomic E-state index is 12.7. The first kappa shape index (κ1) is 8.50. The zero-order valence-corrected chi connectivity index (χ0v) is 6.23. The van der Waals surface area contributed by atoms with Gasteiger partial charge < -0.3 is 0 Å². The Kier molecular flexibility index (Phi) is 1.46. The van der Waals surface area contributed by atoms with E-state index in [0.717, 1.165) is 12.1 Å². The van der Waals surface area contributed by atoms with Crippen molar-refractivity contribution in [2.24, 2.45) is 0 Å². The highest BCUT2D eigenvalue weighted by atomic mass is 19.3. The fourth-order valence-corrected chi connectivity index (χ4v) is 1.26. The summed E-state index contributed by atoms with van der Waals surface area (Å²) in [4.78, 5) is 0. The van der Waals surface area contributed by atoms with E-state index in [2.05, 4.69) is 4.74 Å². The average molecular weight is 192 g/mol. The molecule has 5 heteroatoms. The molecule has 1 aliphatic rings. The number of alkyl halides is 4. The van der Waals surface area contributed by atoms with Gasteiger partial charge in [-0.05, 0) is 12.1 Å². The zero-order valence-electron chi connectivity index (χ0n) is 6.23. The Hall–Kier alpha value is -1.10. The minimum Gasteiger partial charge on any atom is -0.247 e. The molecule has 1 heterocycles. The highest BCUT2D eigenvalue weighted by Gasteiger charge is 2.56. The molecule has 0 saturated carbocycles. The van der Waals surface area contributed by atoms with Crippen molar-refractivity contribution in [3.63, 3.8) is 0 Å². The minimum absolute atomic E-state index is 0.764. The smallest absolute Gasteiger partial charge is 0.247 e. The first-order valence-corrected chi connectivity index (χ1v) is 3.49. The molecule has 0 aliphatic carbocycles. The summed E-state index contributed by atoms with van der Waals surface area (Å²) in [7, 11) is 0. The van der Waals surface area contributed by atoms with E-state index in [1.54, 1.807) is 0 Å². The zero-order chi connectivity index (χ0) is 9.69. The van der Waals surface area contributed by atoms with Gasteiger partial charge in [-0.1, -0.05) is 12.1 Å². The van der Waals surface area contributed by atoms with Crippen molar-refractivity contribution in [2.45, 2.75) is 12.2 Å². The highest BCUT2D eigenvalue weighted by molar-refractivity contribution is 5.35. The van der Waals surface area contributed by atoms with Crippen molar-refractivity contribution < 1.29 is 22.3 Å². The fourth-order valence-electron chi connectivity index (χ4n) is 1.26. The van der Waals surface area contributed by atoms with Gasteiger partial charge in [0, 0.05) is 0 Å². The van der Waals surface area contributed by atoms with Crippen LogP contribution in [-0.4, -0.2) is 0 Å². The maximum Gasteiger partial charge on any atom is 0.388 e. The van der Waals surface area contributed by atoms with Gasteiger partial charge >= 0.3 is 12.2 Å². The van der Waals surface area contributed by atoms with E-state index in [9.17, 15) is 17.6 Å². The summed E-state index contributed by atoms with van der Waals surface area (Å²) in [5.74, 6) is 0. The number of hydrogen-bond acceptors (Lipinski definition) is 1. The molecule has 0 radical (unpaired) electrons. The molecular formula is C8H4F4O. The lowest BCUT2D eigenvalue weighted by Gasteiger charge is -2.10. The monoisotopic (exact) mass is 192 g/mol. The number of fused-ring (bicyclic) bond motifs is 1. The SMILES string of the molecule is FC1(F)OC(F)(F)c2ccccc21. The summed E-state index contributed by atoms with van der Waals surface area (Å²) in [5.41, 5.74) is -1.53. The number of halogens is 4. The molecule has 1 nitrogen and oxygen atoms in total. The average Bonchev–Trinajstić information content (AvgIpc) is 2.20. The van der Waals surface area contributed by atoms with Crippen LogP contribution in [0.4, 0.5) is 17.6 Å². The van der Waals surface area contributed by atoms with Crippen LogP contribution in [0.25, 0.3) is 0 Å². The predicted octanol–water partition coefficient (Wildman–Crippen LogP) is 2.82. The van der Waals surface area contributed by atoms with Crippen LogP contribution >= 0.6 is 0 Å². The van der Waals surface area contributed by atoms with Gasteiger partial charge in [-0.15, -0.1) is 0 Å². The Morgan fingerprint density at radius 3 is 1.62 bits per heavy atom. The molecule has 1 aliphatic heterocycles. The van der Waals surface area contributed by atoms with E-state index in [4.69, 9.17) is 0 Å². The van der Waals surface area contributed by atoms with Crippen LogP contribution in [-0.2, 0) is 17.0 Å². The summed E-state index contributed by atoms with van der Waals surface area (Å²) in [5, 5.41) is 0. The number of hydrogen-bond donors (Lipinski definition) is 0. The highest BCUT2D eigenvalue weighted by Crippen LogP contribution is 2.50. The van der Waals surface area contributed by atoms with Gasteiger partial charge in [-0.25, -0.2) is 4.74 Å². The summed E-state index contributed by atoms with van der Waals surface area (Å²) >= 11 is 0. The normalized spacial score (nSPS) is 22.8. The van der Waals surface area contributed by atoms with Crippen molar-refractivity contribution in [2.75, 3.05) is 0 Å². The molecule has 0 unspecified atom stereocenters. The van der Waals surface area contributed by atoms with Crippen molar-refractivity contribution in [1.29, 1.82) is 0 Å². The minimum atomic E-state index is -3.89. The molecule has 1 aromatic rings. The Morgan fingerprint density at radius 1 is 0.846 bits per heavy atom. The van der Waals surface area contributed by atoms with Crippen LogP contribution in [0, 0.1) is 0 Å². The van der Waals surface area contributed by atoms with E-state index in [-0.39, 0.29) is 0 Å². The summed E-state index contributed by atoms with van der Waals surface area (Å²) in [6.45, 7) is 0. The van der Waals surface area contributed by atoms with E-state index >= 15 is 0 Å². The molecule has 0 bridgehead atoms. The summed E-state index contributed by atoms with van der Waals surface area (Å²) < 4.78 is 54.3. The van der Waals surface area contributed by atoms with Crippen LogP contribution in [0.5, 0.6) is 0 Å². The number of rotatable bonds is 0. The Bertz CT molecular complexity index is 315. The molecule has 0 aromatic heterocycles. The summed E-state index contributed by atoms with van der Waals surface area (Å²) in [6.07, 6.45) is -7.78. The molecule has 1 aromatic carbocycles. The van der Waals surface area contributed by atoms with Gasteiger partial charge in [0.05, 0.1) is 11.1 Å². The second-order valence-corrected chi connectivity index (χ2v) is 2.68. The van der Waals surface area contributed by atoms with Crippen molar-refractivity contribution in [3.05, 3.63) is 35.4 Å².